The molecule has 47 heavy (non-hydrogen) atoms. The number of hydrogen-bond donors (Lipinski definition) is 0. The van der Waals surface area contributed by atoms with E-state index in [2.05, 4.69) is 103 Å². The Bertz CT molecular complexity index is 2500. The van der Waals surface area contributed by atoms with Crippen LogP contribution in [0, 0.1) is 0 Å². The first-order chi connectivity index (χ1) is 23.3. The lowest BCUT2D eigenvalue weighted by Crippen LogP contribution is -2.00. The quantitative estimate of drug-likeness (QED) is 0.197. The average Bonchev–Trinajstić information content (AvgIpc) is 3.55. The fourth-order valence-corrected chi connectivity index (χ4v) is 6.51. The van der Waals surface area contributed by atoms with Crippen LogP contribution in [0.5, 0.6) is 0 Å². The van der Waals surface area contributed by atoms with Crippen molar-refractivity contribution in [3.05, 3.63) is 164 Å². The SMILES string of the molecule is c1ccc(-c2nc(-c3ccccc3)nc(-c3cccc(-c4cccc5oc6c7ccccc7c(-c7ccccc7)cc6c45)c3)n2)cc1. The van der Waals surface area contributed by atoms with Gasteiger partial charge in [0, 0.05) is 32.8 Å². The van der Waals surface area contributed by atoms with Gasteiger partial charge < -0.3 is 4.42 Å². The largest absolute Gasteiger partial charge is 0.455 e. The van der Waals surface area contributed by atoms with Crippen molar-refractivity contribution in [1.82, 2.24) is 15.0 Å². The third kappa shape index (κ3) is 4.75. The molecule has 0 unspecified atom stereocenters. The fraction of sp³-hybridized carbons (Fsp3) is 0. The lowest BCUT2D eigenvalue weighted by Gasteiger charge is -2.11. The zero-order valence-corrected chi connectivity index (χ0v) is 25.3. The summed E-state index contributed by atoms with van der Waals surface area (Å²) in [4.78, 5) is 14.8. The maximum atomic E-state index is 6.63. The van der Waals surface area contributed by atoms with Gasteiger partial charge in [-0.25, -0.2) is 15.0 Å². The van der Waals surface area contributed by atoms with Gasteiger partial charge in [0.05, 0.1) is 0 Å². The molecule has 0 radical (unpaired) electrons. The zero-order valence-electron chi connectivity index (χ0n) is 25.3. The number of furan rings is 1. The number of fused-ring (bicyclic) bond motifs is 5. The van der Waals surface area contributed by atoms with E-state index in [9.17, 15) is 0 Å². The lowest BCUT2D eigenvalue weighted by molar-refractivity contribution is 0.673. The first-order valence-electron chi connectivity index (χ1n) is 15.7. The van der Waals surface area contributed by atoms with E-state index in [1.165, 1.54) is 16.5 Å². The molecule has 9 aromatic rings. The van der Waals surface area contributed by atoms with Crippen LogP contribution in [0.3, 0.4) is 0 Å². The Labute approximate surface area is 271 Å². The topological polar surface area (TPSA) is 51.8 Å². The third-order valence-corrected chi connectivity index (χ3v) is 8.72. The minimum Gasteiger partial charge on any atom is -0.455 e. The number of benzene rings is 7. The van der Waals surface area contributed by atoms with E-state index >= 15 is 0 Å². The Hall–Kier alpha value is -6.39. The molecule has 7 aromatic carbocycles. The molecule has 0 saturated carbocycles. The smallest absolute Gasteiger partial charge is 0.164 e. The second-order valence-electron chi connectivity index (χ2n) is 11.6. The van der Waals surface area contributed by atoms with Crippen molar-refractivity contribution in [1.29, 1.82) is 0 Å². The van der Waals surface area contributed by atoms with Gasteiger partial charge in [-0.2, -0.15) is 0 Å². The third-order valence-electron chi connectivity index (χ3n) is 8.72. The van der Waals surface area contributed by atoms with E-state index in [0.717, 1.165) is 55.1 Å². The Morgan fingerprint density at radius 1 is 0.340 bits per heavy atom. The molecule has 0 aliphatic rings. The first kappa shape index (κ1) is 27.0. The Morgan fingerprint density at radius 2 is 0.851 bits per heavy atom. The first-order valence-corrected chi connectivity index (χ1v) is 15.7. The molecule has 0 fully saturated rings. The Morgan fingerprint density at radius 3 is 1.51 bits per heavy atom. The van der Waals surface area contributed by atoms with Gasteiger partial charge >= 0.3 is 0 Å². The molecule has 0 aliphatic heterocycles. The number of hydrogen-bond acceptors (Lipinski definition) is 4. The van der Waals surface area contributed by atoms with Crippen molar-refractivity contribution in [3.63, 3.8) is 0 Å². The van der Waals surface area contributed by atoms with Crippen LogP contribution in [0.1, 0.15) is 0 Å². The van der Waals surface area contributed by atoms with E-state index in [4.69, 9.17) is 19.4 Å². The highest BCUT2D eigenvalue weighted by atomic mass is 16.3. The molecular weight excluding hydrogens is 574 g/mol. The summed E-state index contributed by atoms with van der Waals surface area (Å²) in [5.41, 5.74) is 9.09. The van der Waals surface area contributed by atoms with Gasteiger partial charge in [0.1, 0.15) is 11.2 Å². The molecule has 0 aliphatic carbocycles. The van der Waals surface area contributed by atoms with Crippen LogP contribution < -0.4 is 0 Å². The van der Waals surface area contributed by atoms with Gasteiger partial charge in [0.2, 0.25) is 0 Å². The number of aromatic nitrogens is 3. The van der Waals surface area contributed by atoms with Crippen molar-refractivity contribution in [3.8, 4) is 56.4 Å². The zero-order chi connectivity index (χ0) is 31.2. The molecule has 4 heteroatoms. The predicted molar refractivity (Wildman–Crippen MR) is 192 cm³/mol. The Kier molecular flexibility index (Phi) is 6.43. The van der Waals surface area contributed by atoms with Crippen LogP contribution in [0.25, 0.3) is 89.1 Å². The predicted octanol–water partition coefficient (Wildman–Crippen LogP) is 11.3. The summed E-state index contributed by atoms with van der Waals surface area (Å²) < 4.78 is 6.63. The van der Waals surface area contributed by atoms with E-state index in [-0.39, 0.29) is 0 Å². The van der Waals surface area contributed by atoms with Crippen LogP contribution in [0.15, 0.2) is 168 Å². The minimum absolute atomic E-state index is 0.626. The molecule has 0 bridgehead atoms. The standard InChI is InChI=1S/C43H27N3O/c1-4-14-28(15-5-1)36-27-37-39-33(24-13-25-38(39)47-40(37)35-23-11-10-22-34(35)36)31-20-12-21-32(26-31)43-45-41(29-16-6-2-7-17-29)44-42(46-43)30-18-8-3-9-19-30/h1-27H. The van der Waals surface area contributed by atoms with E-state index < -0.39 is 0 Å². The van der Waals surface area contributed by atoms with Gasteiger partial charge in [-0.3, -0.25) is 0 Å². The summed E-state index contributed by atoms with van der Waals surface area (Å²) >= 11 is 0. The molecule has 2 aromatic heterocycles. The maximum absolute atomic E-state index is 6.63. The van der Waals surface area contributed by atoms with Gasteiger partial charge in [-0.05, 0) is 45.8 Å². The normalized spacial score (nSPS) is 11.4. The van der Waals surface area contributed by atoms with Crippen molar-refractivity contribution < 1.29 is 4.42 Å². The van der Waals surface area contributed by atoms with Crippen molar-refractivity contribution >= 4 is 32.7 Å². The highest BCUT2D eigenvalue weighted by Crippen LogP contribution is 2.43. The van der Waals surface area contributed by atoms with Gasteiger partial charge in [-0.1, -0.05) is 146 Å². The summed E-state index contributed by atoms with van der Waals surface area (Å²) in [5, 5.41) is 4.46. The second kappa shape index (κ2) is 11.2. The minimum atomic E-state index is 0.626. The molecule has 0 atom stereocenters. The fourth-order valence-electron chi connectivity index (χ4n) is 6.51. The highest BCUT2D eigenvalue weighted by Gasteiger charge is 2.19. The molecule has 2 heterocycles. The summed E-state index contributed by atoms with van der Waals surface area (Å²) in [6, 6.07) is 56.3. The van der Waals surface area contributed by atoms with Gasteiger partial charge in [-0.15, -0.1) is 0 Å². The van der Waals surface area contributed by atoms with E-state index in [0.29, 0.717) is 17.5 Å². The summed E-state index contributed by atoms with van der Waals surface area (Å²) in [5.74, 6) is 1.91. The van der Waals surface area contributed by atoms with Crippen LogP contribution >= 0.6 is 0 Å². The van der Waals surface area contributed by atoms with Gasteiger partial charge in [0.25, 0.3) is 0 Å². The molecule has 220 valence electrons. The molecule has 0 N–H and O–H groups in total. The van der Waals surface area contributed by atoms with Crippen LogP contribution in [-0.2, 0) is 0 Å². The summed E-state index contributed by atoms with van der Waals surface area (Å²) in [6.45, 7) is 0. The van der Waals surface area contributed by atoms with E-state index in [1.54, 1.807) is 0 Å². The lowest BCUT2D eigenvalue weighted by atomic mass is 9.93. The molecule has 4 nitrogen and oxygen atoms in total. The molecular formula is C43H27N3O. The second-order valence-corrected chi connectivity index (χ2v) is 11.6. The van der Waals surface area contributed by atoms with Crippen molar-refractivity contribution in [2.24, 2.45) is 0 Å². The van der Waals surface area contributed by atoms with Crippen molar-refractivity contribution in [2.45, 2.75) is 0 Å². The molecule has 0 spiro atoms. The Balaban J connectivity index is 1.25. The van der Waals surface area contributed by atoms with Crippen molar-refractivity contribution in [2.75, 3.05) is 0 Å². The number of rotatable bonds is 5. The van der Waals surface area contributed by atoms with Crippen LogP contribution in [0.2, 0.25) is 0 Å². The molecule has 0 amide bonds. The average molecular weight is 602 g/mol. The monoisotopic (exact) mass is 601 g/mol. The van der Waals surface area contributed by atoms with Gasteiger partial charge in [0.15, 0.2) is 17.5 Å². The molecule has 9 rings (SSSR count). The molecule has 0 saturated heterocycles. The van der Waals surface area contributed by atoms with Crippen LogP contribution in [-0.4, -0.2) is 15.0 Å². The summed E-state index contributed by atoms with van der Waals surface area (Å²) in [7, 11) is 0. The highest BCUT2D eigenvalue weighted by molar-refractivity contribution is 6.22. The summed E-state index contributed by atoms with van der Waals surface area (Å²) in [6.07, 6.45) is 0. The van der Waals surface area contributed by atoms with E-state index in [1.807, 2.05) is 60.7 Å². The number of nitrogens with zero attached hydrogens (tertiary/aromatic N) is 3. The van der Waals surface area contributed by atoms with Crippen LogP contribution in [0.4, 0.5) is 0 Å². The maximum Gasteiger partial charge on any atom is 0.164 e.